The van der Waals surface area contributed by atoms with E-state index in [0.717, 1.165) is 18.0 Å². The maximum atomic E-state index is 11.9. The summed E-state index contributed by atoms with van der Waals surface area (Å²) in [6.45, 7) is 3.69. The topological polar surface area (TPSA) is 81.4 Å². The van der Waals surface area contributed by atoms with E-state index in [1.165, 1.54) is 19.3 Å². The summed E-state index contributed by atoms with van der Waals surface area (Å²) in [5, 5.41) is 6.40. The SMILES string of the molecule is CC(C)c1cc(NC(=O)COC(=O)CC2CC3CCC2C3)on1. The molecule has 2 aliphatic carbocycles. The third-order valence-electron chi connectivity index (χ3n) is 5.06. The van der Waals surface area contributed by atoms with Gasteiger partial charge in [0.25, 0.3) is 5.91 Å². The van der Waals surface area contributed by atoms with Crippen molar-refractivity contribution >= 4 is 17.8 Å². The van der Waals surface area contributed by atoms with Crippen molar-refractivity contribution in [2.45, 2.75) is 51.9 Å². The number of rotatable bonds is 6. The van der Waals surface area contributed by atoms with Gasteiger partial charge in [0.2, 0.25) is 5.88 Å². The van der Waals surface area contributed by atoms with Crippen LogP contribution in [0, 0.1) is 17.8 Å². The number of carbonyl (C=O) groups is 2. The van der Waals surface area contributed by atoms with Crippen molar-refractivity contribution in [3.63, 3.8) is 0 Å². The summed E-state index contributed by atoms with van der Waals surface area (Å²) < 4.78 is 10.1. The highest BCUT2D eigenvalue weighted by Gasteiger charge is 2.40. The average molecular weight is 320 g/mol. The number of hydrogen-bond donors (Lipinski definition) is 1. The Morgan fingerprint density at radius 3 is 2.83 bits per heavy atom. The number of fused-ring (bicyclic) bond motifs is 2. The predicted octanol–water partition coefficient (Wildman–Crippen LogP) is 3.11. The average Bonchev–Trinajstić information content (AvgIpc) is 3.21. The Balaban J connectivity index is 1.39. The minimum Gasteiger partial charge on any atom is -0.456 e. The first-order valence-electron chi connectivity index (χ1n) is 8.43. The molecule has 0 aromatic carbocycles. The summed E-state index contributed by atoms with van der Waals surface area (Å²) in [5.74, 6) is 1.77. The molecule has 3 rings (SSSR count). The smallest absolute Gasteiger partial charge is 0.306 e. The zero-order chi connectivity index (χ0) is 16.4. The second-order valence-corrected chi connectivity index (χ2v) is 7.12. The molecule has 2 bridgehead atoms. The maximum absolute atomic E-state index is 11.9. The standard InChI is InChI=1S/C17H24N2O4/c1-10(2)14-8-16(23-19-14)18-15(20)9-22-17(21)7-13-6-11-3-4-12(13)5-11/h8,10-13H,3-7,9H2,1-2H3,(H,18,20). The lowest BCUT2D eigenvalue weighted by atomic mass is 9.86. The molecular weight excluding hydrogens is 296 g/mol. The van der Waals surface area contributed by atoms with E-state index in [1.54, 1.807) is 6.07 Å². The number of ether oxygens (including phenoxy) is 1. The van der Waals surface area contributed by atoms with Gasteiger partial charge in [0.05, 0.1) is 5.69 Å². The lowest BCUT2D eigenvalue weighted by Gasteiger charge is -2.20. The van der Waals surface area contributed by atoms with Gasteiger partial charge >= 0.3 is 5.97 Å². The Bertz CT molecular complexity index is 581. The third-order valence-corrected chi connectivity index (χ3v) is 5.06. The first kappa shape index (κ1) is 16.0. The van der Waals surface area contributed by atoms with Gasteiger partial charge in [0, 0.05) is 12.5 Å². The van der Waals surface area contributed by atoms with Crippen molar-refractivity contribution in [2.24, 2.45) is 17.8 Å². The van der Waals surface area contributed by atoms with Crippen LogP contribution in [0.1, 0.15) is 57.6 Å². The molecule has 6 nitrogen and oxygen atoms in total. The van der Waals surface area contributed by atoms with Crippen molar-refractivity contribution in [2.75, 3.05) is 11.9 Å². The Labute approximate surface area is 135 Å². The van der Waals surface area contributed by atoms with E-state index < -0.39 is 5.91 Å². The molecule has 3 atom stereocenters. The normalized spacial score (nSPS) is 25.8. The van der Waals surface area contributed by atoms with Crippen LogP contribution in [0.5, 0.6) is 0 Å². The van der Waals surface area contributed by atoms with Gasteiger partial charge < -0.3 is 9.26 Å². The number of amides is 1. The molecule has 1 aromatic heterocycles. The first-order chi connectivity index (χ1) is 11.0. The van der Waals surface area contributed by atoms with Gasteiger partial charge in [-0.15, -0.1) is 0 Å². The highest BCUT2D eigenvalue weighted by Crippen LogP contribution is 2.49. The fourth-order valence-corrected chi connectivity index (χ4v) is 3.84. The highest BCUT2D eigenvalue weighted by atomic mass is 16.5. The quantitative estimate of drug-likeness (QED) is 0.814. The predicted molar refractivity (Wildman–Crippen MR) is 83.7 cm³/mol. The Kier molecular flexibility index (Phi) is 4.68. The van der Waals surface area contributed by atoms with Crippen LogP contribution in [0.3, 0.4) is 0 Å². The van der Waals surface area contributed by atoms with Gasteiger partial charge in [-0.2, -0.15) is 0 Å². The molecule has 2 fully saturated rings. The highest BCUT2D eigenvalue weighted by molar-refractivity contribution is 5.91. The molecule has 6 heteroatoms. The zero-order valence-electron chi connectivity index (χ0n) is 13.7. The van der Waals surface area contributed by atoms with E-state index in [4.69, 9.17) is 9.26 Å². The van der Waals surface area contributed by atoms with Gasteiger partial charge in [-0.1, -0.05) is 25.4 Å². The molecule has 3 unspecified atom stereocenters. The van der Waals surface area contributed by atoms with E-state index in [1.807, 2.05) is 13.8 Å². The number of carbonyl (C=O) groups excluding carboxylic acids is 2. The van der Waals surface area contributed by atoms with Crippen LogP contribution in [-0.2, 0) is 14.3 Å². The van der Waals surface area contributed by atoms with Gasteiger partial charge in [-0.05, 0) is 42.9 Å². The summed E-state index contributed by atoms with van der Waals surface area (Å²) in [6.07, 6.45) is 5.40. The maximum Gasteiger partial charge on any atom is 0.306 e. The molecule has 1 aromatic rings. The summed E-state index contributed by atoms with van der Waals surface area (Å²) >= 11 is 0. The van der Waals surface area contributed by atoms with E-state index in [-0.39, 0.29) is 24.4 Å². The first-order valence-corrected chi connectivity index (χ1v) is 8.43. The van der Waals surface area contributed by atoms with Crippen molar-refractivity contribution in [1.82, 2.24) is 5.16 Å². The summed E-state index contributed by atoms with van der Waals surface area (Å²) in [7, 11) is 0. The van der Waals surface area contributed by atoms with Crippen LogP contribution in [0.4, 0.5) is 5.88 Å². The van der Waals surface area contributed by atoms with Gasteiger partial charge in [0.15, 0.2) is 6.61 Å². The molecule has 23 heavy (non-hydrogen) atoms. The summed E-state index contributed by atoms with van der Waals surface area (Å²) in [4.78, 5) is 23.7. The molecule has 2 saturated carbocycles. The van der Waals surface area contributed by atoms with E-state index >= 15 is 0 Å². The minimum absolute atomic E-state index is 0.226. The molecule has 1 N–H and O–H groups in total. The van der Waals surface area contributed by atoms with E-state index in [9.17, 15) is 9.59 Å². The number of esters is 1. The number of aromatic nitrogens is 1. The molecule has 0 spiro atoms. The Morgan fingerprint density at radius 1 is 1.39 bits per heavy atom. The molecule has 0 saturated heterocycles. The number of nitrogens with one attached hydrogen (secondary N) is 1. The molecule has 0 radical (unpaired) electrons. The van der Waals surface area contributed by atoms with Crippen molar-refractivity contribution in [3.8, 4) is 0 Å². The molecule has 0 aliphatic heterocycles. The van der Waals surface area contributed by atoms with Crippen molar-refractivity contribution in [1.29, 1.82) is 0 Å². The van der Waals surface area contributed by atoms with E-state index in [0.29, 0.717) is 18.3 Å². The van der Waals surface area contributed by atoms with Crippen molar-refractivity contribution in [3.05, 3.63) is 11.8 Å². The number of hydrogen-bond acceptors (Lipinski definition) is 5. The van der Waals surface area contributed by atoms with Crippen LogP contribution in [0.25, 0.3) is 0 Å². The van der Waals surface area contributed by atoms with E-state index in [2.05, 4.69) is 10.5 Å². The largest absolute Gasteiger partial charge is 0.456 e. The molecule has 1 amide bonds. The Morgan fingerprint density at radius 2 is 2.22 bits per heavy atom. The second kappa shape index (κ2) is 6.72. The molecule has 1 heterocycles. The lowest BCUT2D eigenvalue weighted by Crippen LogP contribution is -2.23. The fraction of sp³-hybridized carbons (Fsp3) is 0.706. The van der Waals surface area contributed by atoms with Crippen LogP contribution in [0.2, 0.25) is 0 Å². The number of anilines is 1. The van der Waals surface area contributed by atoms with Crippen LogP contribution < -0.4 is 5.32 Å². The summed E-state index contributed by atoms with van der Waals surface area (Å²) in [6, 6.07) is 1.68. The van der Waals surface area contributed by atoms with Crippen LogP contribution in [0.15, 0.2) is 10.6 Å². The molecule has 126 valence electrons. The van der Waals surface area contributed by atoms with Crippen molar-refractivity contribution < 1.29 is 18.8 Å². The summed E-state index contributed by atoms with van der Waals surface area (Å²) in [5.41, 5.74) is 0.772. The third kappa shape index (κ3) is 3.92. The Hall–Kier alpha value is -1.85. The number of nitrogens with zero attached hydrogens (tertiary/aromatic N) is 1. The lowest BCUT2D eigenvalue weighted by molar-refractivity contribution is -0.148. The second-order valence-electron chi connectivity index (χ2n) is 7.12. The van der Waals surface area contributed by atoms with Crippen LogP contribution >= 0.6 is 0 Å². The fourth-order valence-electron chi connectivity index (χ4n) is 3.84. The molecule has 2 aliphatic rings. The van der Waals surface area contributed by atoms with Gasteiger partial charge in [-0.25, -0.2) is 0 Å². The minimum atomic E-state index is -0.405. The zero-order valence-corrected chi connectivity index (χ0v) is 13.7. The van der Waals surface area contributed by atoms with Gasteiger partial charge in [-0.3, -0.25) is 14.9 Å². The monoisotopic (exact) mass is 320 g/mol. The van der Waals surface area contributed by atoms with Gasteiger partial charge in [0.1, 0.15) is 0 Å². The molecular formula is C17H24N2O4. The van der Waals surface area contributed by atoms with Crippen LogP contribution in [-0.4, -0.2) is 23.6 Å².